The van der Waals surface area contributed by atoms with Crippen molar-refractivity contribution in [3.05, 3.63) is 39.4 Å². The van der Waals surface area contributed by atoms with Crippen molar-refractivity contribution in [1.82, 2.24) is 10.2 Å². The van der Waals surface area contributed by atoms with E-state index in [0.717, 1.165) is 5.56 Å². The average molecular weight is 293 g/mol. The van der Waals surface area contributed by atoms with Crippen LogP contribution < -0.4 is 5.32 Å². The summed E-state index contributed by atoms with van der Waals surface area (Å²) in [5, 5.41) is 14.1. The van der Waals surface area contributed by atoms with Crippen molar-refractivity contribution < 1.29 is 9.72 Å². The van der Waals surface area contributed by atoms with E-state index in [9.17, 15) is 14.9 Å². The maximum Gasteiger partial charge on any atom is 0.272 e. The maximum absolute atomic E-state index is 11.9. The highest BCUT2D eigenvalue weighted by Gasteiger charge is 2.16. The first-order chi connectivity index (χ1) is 9.90. The Balaban J connectivity index is 2.72. The minimum atomic E-state index is -0.382. The Morgan fingerprint density at radius 1 is 1.38 bits per heavy atom. The number of carbonyl (C=O) groups is 1. The SMILES string of the molecule is CCN(CC)C(=O)CNC(C)c1ccc(C)c([N+](=O)[O-])c1. The van der Waals surface area contributed by atoms with Crippen LogP contribution in [-0.2, 0) is 4.79 Å². The predicted molar refractivity (Wildman–Crippen MR) is 82.2 cm³/mol. The van der Waals surface area contributed by atoms with Gasteiger partial charge in [0.15, 0.2) is 0 Å². The zero-order chi connectivity index (χ0) is 16.0. The molecule has 0 saturated heterocycles. The molecule has 0 fully saturated rings. The zero-order valence-electron chi connectivity index (χ0n) is 13.0. The van der Waals surface area contributed by atoms with Gasteiger partial charge in [0.05, 0.1) is 11.5 Å². The number of aryl methyl sites for hydroxylation is 1. The molecule has 0 saturated carbocycles. The number of hydrogen-bond acceptors (Lipinski definition) is 4. The van der Waals surface area contributed by atoms with Crippen molar-refractivity contribution in [2.45, 2.75) is 33.7 Å². The zero-order valence-corrected chi connectivity index (χ0v) is 13.0. The number of hydrogen-bond donors (Lipinski definition) is 1. The topological polar surface area (TPSA) is 75.5 Å². The van der Waals surface area contributed by atoms with Gasteiger partial charge in [-0.25, -0.2) is 0 Å². The lowest BCUT2D eigenvalue weighted by molar-refractivity contribution is -0.385. The van der Waals surface area contributed by atoms with Gasteiger partial charge in [-0.15, -0.1) is 0 Å². The summed E-state index contributed by atoms with van der Waals surface area (Å²) in [4.78, 5) is 24.2. The lowest BCUT2D eigenvalue weighted by atomic mass is 10.0. The quantitative estimate of drug-likeness (QED) is 0.619. The van der Waals surface area contributed by atoms with Gasteiger partial charge in [0, 0.05) is 30.8 Å². The summed E-state index contributed by atoms with van der Waals surface area (Å²) in [6.07, 6.45) is 0. The van der Waals surface area contributed by atoms with Crippen molar-refractivity contribution >= 4 is 11.6 Å². The first-order valence-corrected chi connectivity index (χ1v) is 7.16. The third kappa shape index (κ3) is 4.53. The number of nitrogens with zero attached hydrogens (tertiary/aromatic N) is 2. The lowest BCUT2D eigenvalue weighted by Crippen LogP contribution is -2.38. The van der Waals surface area contributed by atoms with Gasteiger partial charge in [-0.1, -0.05) is 12.1 Å². The summed E-state index contributed by atoms with van der Waals surface area (Å²) >= 11 is 0. The molecule has 1 rings (SSSR count). The highest BCUT2D eigenvalue weighted by Crippen LogP contribution is 2.23. The number of nitro groups is 1. The molecule has 0 aliphatic carbocycles. The number of amides is 1. The molecular formula is C15H23N3O3. The van der Waals surface area contributed by atoms with Gasteiger partial charge in [-0.05, 0) is 33.3 Å². The number of likely N-dealkylation sites (N-methyl/N-ethyl adjacent to an activating group) is 1. The molecule has 1 N–H and O–H groups in total. The second-order valence-corrected chi connectivity index (χ2v) is 4.97. The van der Waals surface area contributed by atoms with E-state index >= 15 is 0 Å². The Kier molecular flexibility index (Phi) is 6.30. The van der Waals surface area contributed by atoms with E-state index < -0.39 is 0 Å². The van der Waals surface area contributed by atoms with Crippen LogP contribution in [0.25, 0.3) is 0 Å². The minimum Gasteiger partial charge on any atom is -0.342 e. The number of nitro benzene ring substituents is 1. The van der Waals surface area contributed by atoms with E-state index in [1.165, 1.54) is 0 Å². The first kappa shape index (κ1) is 17.1. The van der Waals surface area contributed by atoms with Crippen LogP contribution >= 0.6 is 0 Å². The summed E-state index contributed by atoms with van der Waals surface area (Å²) in [6, 6.07) is 5.03. The van der Waals surface area contributed by atoms with Gasteiger partial charge in [-0.2, -0.15) is 0 Å². The molecule has 1 amide bonds. The second kappa shape index (κ2) is 7.73. The molecule has 0 aliphatic heterocycles. The molecule has 21 heavy (non-hydrogen) atoms. The molecule has 0 radical (unpaired) electrons. The second-order valence-electron chi connectivity index (χ2n) is 4.97. The van der Waals surface area contributed by atoms with Crippen LogP contribution in [0.15, 0.2) is 18.2 Å². The standard InChI is InChI=1S/C15H23N3O3/c1-5-17(6-2)15(19)10-16-12(4)13-8-7-11(3)14(9-13)18(20)21/h7-9,12,16H,5-6,10H2,1-4H3. The number of nitrogens with one attached hydrogen (secondary N) is 1. The summed E-state index contributed by atoms with van der Waals surface area (Å²) in [5.74, 6) is 0.0356. The van der Waals surface area contributed by atoms with Crippen LogP contribution in [0.4, 0.5) is 5.69 Å². The summed E-state index contributed by atoms with van der Waals surface area (Å²) in [5.41, 5.74) is 1.55. The molecule has 0 bridgehead atoms. The normalized spacial score (nSPS) is 12.0. The van der Waals surface area contributed by atoms with Gasteiger partial charge in [0.25, 0.3) is 5.69 Å². The van der Waals surface area contributed by atoms with E-state index in [1.807, 2.05) is 26.8 Å². The third-order valence-electron chi connectivity index (χ3n) is 3.61. The Morgan fingerprint density at radius 3 is 2.52 bits per heavy atom. The molecule has 0 heterocycles. The van der Waals surface area contributed by atoms with Crippen molar-refractivity contribution in [3.63, 3.8) is 0 Å². The highest BCUT2D eigenvalue weighted by atomic mass is 16.6. The van der Waals surface area contributed by atoms with Gasteiger partial charge in [0.2, 0.25) is 5.91 Å². The van der Waals surface area contributed by atoms with Gasteiger partial charge in [0.1, 0.15) is 0 Å². The fraction of sp³-hybridized carbons (Fsp3) is 0.533. The minimum absolute atomic E-state index is 0.0356. The number of carbonyl (C=O) groups excluding carboxylic acids is 1. The Morgan fingerprint density at radius 2 is 2.00 bits per heavy atom. The van der Waals surface area contributed by atoms with Crippen molar-refractivity contribution in [1.29, 1.82) is 0 Å². The Bertz CT molecular complexity index is 513. The van der Waals surface area contributed by atoms with E-state index in [0.29, 0.717) is 18.7 Å². The van der Waals surface area contributed by atoms with Crippen LogP contribution in [0.3, 0.4) is 0 Å². The van der Waals surface area contributed by atoms with Crippen LogP contribution in [0, 0.1) is 17.0 Å². The fourth-order valence-electron chi connectivity index (χ4n) is 2.14. The number of rotatable bonds is 7. The molecule has 1 aromatic carbocycles. The van der Waals surface area contributed by atoms with E-state index in [-0.39, 0.29) is 29.1 Å². The third-order valence-corrected chi connectivity index (χ3v) is 3.61. The first-order valence-electron chi connectivity index (χ1n) is 7.16. The van der Waals surface area contributed by atoms with Crippen LogP contribution in [0.1, 0.15) is 37.9 Å². The average Bonchev–Trinajstić information content (AvgIpc) is 2.46. The molecule has 1 atom stereocenters. The fourth-order valence-corrected chi connectivity index (χ4v) is 2.14. The van der Waals surface area contributed by atoms with Crippen LogP contribution in [0.2, 0.25) is 0 Å². The Labute approximate surface area is 125 Å². The smallest absolute Gasteiger partial charge is 0.272 e. The Hall–Kier alpha value is -1.95. The molecule has 6 heteroatoms. The van der Waals surface area contributed by atoms with Crippen molar-refractivity contribution in [2.24, 2.45) is 0 Å². The monoisotopic (exact) mass is 293 g/mol. The largest absolute Gasteiger partial charge is 0.342 e. The molecule has 0 aliphatic rings. The molecule has 1 unspecified atom stereocenters. The summed E-state index contributed by atoms with van der Waals surface area (Å²) in [7, 11) is 0. The van der Waals surface area contributed by atoms with E-state index in [4.69, 9.17) is 0 Å². The highest BCUT2D eigenvalue weighted by molar-refractivity contribution is 5.78. The molecule has 6 nitrogen and oxygen atoms in total. The summed E-state index contributed by atoms with van der Waals surface area (Å²) in [6.45, 7) is 9.07. The number of benzene rings is 1. The van der Waals surface area contributed by atoms with E-state index in [2.05, 4.69) is 5.32 Å². The molecule has 116 valence electrons. The maximum atomic E-state index is 11.9. The van der Waals surface area contributed by atoms with E-state index in [1.54, 1.807) is 24.0 Å². The summed E-state index contributed by atoms with van der Waals surface area (Å²) < 4.78 is 0. The van der Waals surface area contributed by atoms with Crippen LogP contribution in [0.5, 0.6) is 0 Å². The van der Waals surface area contributed by atoms with Gasteiger partial charge >= 0.3 is 0 Å². The molecular weight excluding hydrogens is 270 g/mol. The lowest BCUT2D eigenvalue weighted by Gasteiger charge is -2.21. The van der Waals surface area contributed by atoms with Gasteiger partial charge < -0.3 is 10.2 Å². The van der Waals surface area contributed by atoms with Crippen molar-refractivity contribution in [3.8, 4) is 0 Å². The predicted octanol–water partition coefficient (Wildman–Crippen LogP) is 2.42. The molecule has 1 aromatic rings. The molecule has 0 spiro atoms. The van der Waals surface area contributed by atoms with Gasteiger partial charge in [-0.3, -0.25) is 14.9 Å². The van der Waals surface area contributed by atoms with Crippen molar-refractivity contribution in [2.75, 3.05) is 19.6 Å². The van der Waals surface area contributed by atoms with Crippen LogP contribution in [-0.4, -0.2) is 35.4 Å². The molecule has 0 aromatic heterocycles.